The van der Waals surface area contributed by atoms with E-state index in [0.29, 0.717) is 16.0 Å². The number of nitrogens with zero attached hydrogens (tertiary/aromatic N) is 3. The lowest BCUT2D eigenvalue weighted by Gasteiger charge is -2.06. The van der Waals surface area contributed by atoms with Crippen molar-refractivity contribution >= 4 is 62.1 Å². The molecule has 8 nitrogen and oxygen atoms in total. The van der Waals surface area contributed by atoms with Gasteiger partial charge in [-0.2, -0.15) is 23.0 Å². The molecule has 0 unspecified atom stereocenters. The van der Waals surface area contributed by atoms with Crippen molar-refractivity contribution in [1.82, 2.24) is 9.36 Å². The van der Waals surface area contributed by atoms with Crippen LogP contribution in [-0.2, 0) is 14.9 Å². The van der Waals surface area contributed by atoms with Gasteiger partial charge in [0.15, 0.2) is 5.75 Å². The molecule has 1 amide bonds. The molecule has 0 aliphatic rings. The van der Waals surface area contributed by atoms with Crippen LogP contribution in [0.1, 0.15) is 19.4 Å². The molecule has 1 N–H and O–H groups in total. The lowest BCUT2D eigenvalue weighted by atomic mass is 10.1. The average molecular weight is 459 g/mol. The summed E-state index contributed by atoms with van der Waals surface area (Å²) in [6, 6.07) is 6.00. The highest BCUT2D eigenvalue weighted by molar-refractivity contribution is 7.99. The number of carbonyl (C=O) groups is 1. The topological polar surface area (TPSA) is 122 Å². The van der Waals surface area contributed by atoms with Gasteiger partial charge >= 0.3 is 10.1 Å². The highest BCUT2D eigenvalue weighted by Gasteiger charge is 2.15. The molecule has 148 valence electrons. The van der Waals surface area contributed by atoms with Crippen LogP contribution in [0, 0.1) is 11.3 Å². The number of thioether (sulfide) groups is 1. The number of rotatable bonds is 7. The molecule has 0 bridgehead atoms. The molecule has 1 heterocycles. The summed E-state index contributed by atoms with van der Waals surface area (Å²) in [7, 11) is -3.72. The highest BCUT2D eigenvalue weighted by atomic mass is 35.5. The quantitative estimate of drug-likeness (QED) is 0.289. The van der Waals surface area contributed by atoms with Crippen LogP contribution in [0.15, 0.2) is 28.9 Å². The molecule has 0 spiro atoms. The third kappa shape index (κ3) is 6.79. The number of aromatic nitrogens is 2. The second-order valence-electron chi connectivity index (χ2n) is 5.65. The maximum atomic E-state index is 12.3. The Morgan fingerprint density at radius 1 is 1.46 bits per heavy atom. The second-order valence-corrected chi connectivity index (χ2v) is 9.93. The summed E-state index contributed by atoms with van der Waals surface area (Å²) < 4.78 is 31.2. The Balaban J connectivity index is 2.16. The van der Waals surface area contributed by atoms with Gasteiger partial charge in [-0.15, -0.1) is 0 Å². The molecular formula is C16H15ClN4O4S3. The Bertz CT molecular complexity index is 1060. The normalized spacial score (nSPS) is 11.9. The Labute approximate surface area is 175 Å². The number of carbonyl (C=O) groups excluding carboxylic acids is 1. The van der Waals surface area contributed by atoms with Gasteiger partial charge in [-0.1, -0.05) is 43.3 Å². The van der Waals surface area contributed by atoms with Crippen molar-refractivity contribution in [3.05, 3.63) is 34.4 Å². The summed E-state index contributed by atoms with van der Waals surface area (Å²) in [6.45, 7) is 4.00. The van der Waals surface area contributed by atoms with Gasteiger partial charge in [0.25, 0.3) is 5.91 Å². The molecule has 1 aromatic heterocycles. The highest BCUT2D eigenvalue weighted by Crippen LogP contribution is 2.28. The maximum Gasteiger partial charge on any atom is 0.306 e. The number of halogens is 1. The van der Waals surface area contributed by atoms with Gasteiger partial charge in [-0.3, -0.25) is 10.1 Å². The summed E-state index contributed by atoms with van der Waals surface area (Å²) in [5.41, 5.74) is 0.243. The molecule has 28 heavy (non-hydrogen) atoms. The average Bonchev–Trinajstić information content (AvgIpc) is 2.99. The molecule has 0 atom stereocenters. The van der Waals surface area contributed by atoms with Crippen LogP contribution in [0.3, 0.4) is 0 Å². The first-order valence-corrected chi connectivity index (χ1v) is 11.5. The Morgan fingerprint density at radius 2 is 2.18 bits per heavy atom. The lowest BCUT2D eigenvalue weighted by Crippen LogP contribution is -2.13. The fourth-order valence-electron chi connectivity index (χ4n) is 1.84. The number of anilines is 1. The molecule has 1 aromatic carbocycles. The van der Waals surface area contributed by atoms with Crippen molar-refractivity contribution in [3.8, 4) is 11.8 Å². The molecule has 2 rings (SSSR count). The minimum Gasteiger partial charge on any atom is -0.381 e. The van der Waals surface area contributed by atoms with Gasteiger partial charge in [0.2, 0.25) is 10.3 Å². The number of nitrogens with one attached hydrogen (secondary N) is 1. The number of hydrogen-bond acceptors (Lipinski definition) is 9. The summed E-state index contributed by atoms with van der Waals surface area (Å²) in [4.78, 5) is 16.5. The van der Waals surface area contributed by atoms with Crippen LogP contribution in [0.2, 0.25) is 5.02 Å². The second kappa shape index (κ2) is 9.38. The van der Waals surface area contributed by atoms with E-state index in [0.717, 1.165) is 17.8 Å². The summed E-state index contributed by atoms with van der Waals surface area (Å²) in [5.74, 6) is -0.694. The fourth-order valence-corrected chi connectivity index (χ4v) is 3.96. The van der Waals surface area contributed by atoms with E-state index >= 15 is 0 Å². The van der Waals surface area contributed by atoms with Crippen molar-refractivity contribution in [2.75, 3.05) is 11.6 Å². The van der Waals surface area contributed by atoms with E-state index in [1.165, 1.54) is 36.0 Å². The van der Waals surface area contributed by atoms with Crippen molar-refractivity contribution in [1.29, 1.82) is 5.26 Å². The predicted octanol–water partition coefficient (Wildman–Crippen LogP) is 3.58. The monoisotopic (exact) mass is 458 g/mol. The zero-order valence-corrected chi connectivity index (χ0v) is 18.2. The van der Waals surface area contributed by atoms with Gasteiger partial charge in [-0.25, -0.2) is 0 Å². The van der Waals surface area contributed by atoms with Crippen molar-refractivity contribution in [3.63, 3.8) is 0 Å². The minimum atomic E-state index is -3.72. The summed E-state index contributed by atoms with van der Waals surface area (Å²) >= 11 is 8.47. The smallest absolute Gasteiger partial charge is 0.306 e. The molecule has 0 saturated carbocycles. The van der Waals surface area contributed by atoms with E-state index in [1.54, 1.807) is 0 Å². The van der Waals surface area contributed by atoms with Gasteiger partial charge in [-0.05, 0) is 23.8 Å². The van der Waals surface area contributed by atoms with Crippen molar-refractivity contribution in [2.45, 2.75) is 24.3 Å². The van der Waals surface area contributed by atoms with Gasteiger partial charge < -0.3 is 4.18 Å². The standard InChI is InChI=1S/C16H15ClN4O4S3/c1-9(2)26-16-20-15(27-21-16)19-14(22)11(8-18)6-10-4-5-13(12(17)7-10)25-28(3,23)24/h4-7,9H,1-3H3,(H,19,20,21,22). The van der Waals surface area contributed by atoms with E-state index in [4.69, 9.17) is 15.8 Å². The Kier molecular flexibility index (Phi) is 7.42. The van der Waals surface area contributed by atoms with Crippen LogP contribution in [-0.4, -0.2) is 35.2 Å². The van der Waals surface area contributed by atoms with Gasteiger partial charge in [0, 0.05) is 16.8 Å². The first kappa shape index (κ1) is 22.2. The molecule has 0 aliphatic carbocycles. The van der Waals surface area contributed by atoms with E-state index in [2.05, 4.69) is 14.7 Å². The van der Waals surface area contributed by atoms with Crippen LogP contribution in [0.25, 0.3) is 6.08 Å². The third-order valence-electron chi connectivity index (χ3n) is 2.84. The maximum absolute atomic E-state index is 12.3. The number of benzene rings is 1. The predicted molar refractivity (Wildman–Crippen MR) is 110 cm³/mol. The summed E-state index contributed by atoms with van der Waals surface area (Å²) in [5, 5.41) is 13.0. The van der Waals surface area contributed by atoms with Crippen LogP contribution in [0.4, 0.5) is 5.13 Å². The third-order valence-corrected chi connectivity index (χ3v) is 5.23. The molecule has 0 radical (unpaired) electrons. The molecule has 0 aliphatic heterocycles. The van der Waals surface area contributed by atoms with E-state index < -0.39 is 16.0 Å². The molecule has 0 fully saturated rings. The minimum absolute atomic E-state index is 0.0244. The zero-order valence-electron chi connectivity index (χ0n) is 15.0. The van der Waals surface area contributed by atoms with E-state index in [-0.39, 0.29) is 21.5 Å². The number of hydrogen-bond donors (Lipinski definition) is 1. The number of amides is 1. The zero-order chi connectivity index (χ0) is 20.9. The first-order valence-electron chi connectivity index (χ1n) is 7.70. The Hall–Kier alpha value is -2.13. The Morgan fingerprint density at radius 3 is 2.75 bits per heavy atom. The summed E-state index contributed by atoms with van der Waals surface area (Å²) in [6.07, 6.45) is 2.21. The van der Waals surface area contributed by atoms with Crippen LogP contribution >= 0.6 is 34.9 Å². The molecule has 2 aromatic rings. The van der Waals surface area contributed by atoms with Crippen molar-refractivity contribution in [2.24, 2.45) is 0 Å². The van der Waals surface area contributed by atoms with Crippen LogP contribution < -0.4 is 9.50 Å². The largest absolute Gasteiger partial charge is 0.381 e. The van der Waals surface area contributed by atoms with Gasteiger partial charge in [0.05, 0.1) is 11.3 Å². The fraction of sp³-hybridized carbons (Fsp3) is 0.250. The first-order chi connectivity index (χ1) is 13.1. The van der Waals surface area contributed by atoms with Crippen LogP contribution in [0.5, 0.6) is 5.75 Å². The molecule has 0 saturated heterocycles. The number of nitriles is 1. The van der Waals surface area contributed by atoms with Gasteiger partial charge in [0.1, 0.15) is 11.6 Å². The lowest BCUT2D eigenvalue weighted by molar-refractivity contribution is -0.112. The molecular weight excluding hydrogens is 444 g/mol. The van der Waals surface area contributed by atoms with E-state index in [1.807, 2.05) is 19.9 Å². The van der Waals surface area contributed by atoms with E-state index in [9.17, 15) is 18.5 Å². The molecule has 12 heteroatoms. The van der Waals surface area contributed by atoms with Crippen molar-refractivity contribution < 1.29 is 17.4 Å². The SMILES string of the molecule is CC(C)Sc1nsc(NC(=O)C(C#N)=Cc2ccc(OS(C)(=O)=O)c(Cl)c2)n1.